The fourth-order valence-electron chi connectivity index (χ4n) is 3.78. The Morgan fingerprint density at radius 3 is 2.41 bits per heavy atom. The van der Waals surface area contributed by atoms with Gasteiger partial charge in [0.2, 0.25) is 5.91 Å². The topological polar surface area (TPSA) is 74.8 Å². The number of morpholine rings is 1. The zero-order valence-electron chi connectivity index (χ0n) is 16.6. The smallest absolute Gasteiger partial charge is 0.253 e. The maximum absolute atomic E-state index is 12.8. The zero-order valence-corrected chi connectivity index (χ0v) is 17.4. The third-order valence-electron chi connectivity index (χ3n) is 5.49. The first-order valence-electron chi connectivity index (χ1n) is 10.0. The molecule has 7 nitrogen and oxygen atoms in total. The molecule has 1 N–H and O–H groups in total. The van der Waals surface area contributed by atoms with Gasteiger partial charge in [-0.3, -0.25) is 9.59 Å². The van der Waals surface area contributed by atoms with E-state index in [-0.39, 0.29) is 17.7 Å². The van der Waals surface area contributed by atoms with Gasteiger partial charge in [0.05, 0.1) is 18.9 Å². The lowest BCUT2D eigenvalue weighted by Crippen LogP contribution is -2.41. The molecule has 0 spiro atoms. The Hall–Kier alpha value is -2.45. The lowest BCUT2D eigenvalue weighted by Gasteiger charge is -2.31. The van der Waals surface area contributed by atoms with Gasteiger partial charge < -0.3 is 19.9 Å². The zero-order chi connectivity index (χ0) is 20.2. The highest BCUT2D eigenvalue weighted by molar-refractivity contribution is 7.13. The summed E-state index contributed by atoms with van der Waals surface area (Å²) in [7, 11) is 0. The first-order valence-corrected chi connectivity index (χ1v) is 10.9. The van der Waals surface area contributed by atoms with Crippen LogP contribution in [0.5, 0.6) is 0 Å². The Morgan fingerprint density at radius 1 is 1.10 bits per heavy atom. The van der Waals surface area contributed by atoms with Crippen LogP contribution < -0.4 is 10.2 Å². The van der Waals surface area contributed by atoms with Crippen LogP contribution in [0.2, 0.25) is 0 Å². The molecule has 0 unspecified atom stereocenters. The van der Waals surface area contributed by atoms with Crippen LogP contribution in [0.1, 0.15) is 28.9 Å². The number of nitrogens with one attached hydrogen (secondary N) is 1. The number of nitrogens with zero attached hydrogens (tertiary/aromatic N) is 3. The third kappa shape index (κ3) is 4.76. The lowest BCUT2D eigenvalue weighted by molar-refractivity contribution is -0.121. The highest BCUT2D eigenvalue weighted by atomic mass is 32.1. The molecule has 3 heterocycles. The van der Waals surface area contributed by atoms with Crippen LogP contribution in [0.15, 0.2) is 29.6 Å². The number of hydrogen-bond acceptors (Lipinski definition) is 6. The van der Waals surface area contributed by atoms with Crippen LogP contribution in [0.25, 0.3) is 0 Å². The van der Waals surface area contributed by atoms with Gasteiger partial charge in [-0.25, -0.2) is 4.98 Å². The Bertz CT molecular complexity index is 853. The largest absolute Gasteiger partial charge is 0.378 e. The maximum Gasteiger partial charge on any atom is 0.253 e. The molecule has 0 aliphatic carbocycles. The van der Waals surface area contributed by atoms with E-state index in [4.69, 9.17) is 4.74 Å². The normalized spacial score (nSPS) is 18.0. The summed E-state index contributed by atoms with van der Waals surface area (Å²) >= 11 is 1.44. The van der Waals surface area contributed by atoms with Crippen LogP contribution in [-0.2, 0) is 9.53 Å². The summed E-state index contributed by atoms with van der Waals surface area (Å²) in [6.07, 6.45) is 1.35. The number of carbonyl (C=O) groups excluding carboxylic acids is 2. The van der Waals surface area contributed by atoms with Crippen LogP contribution in [0.4, 0.5) is 10.8 Å². The number of likely N-dealkylation sites (tertiary alicyclic amines) is 1. The summed E-state index contributed by atoms with van der Waals surface area (Å²) in [5.41, 5.74) is 2.73. The second-order valence-electron chi connectivity index (χ2n) is 7.50. The van der Waals surface area contributed by atoms with Gasteiger partial charge in [-0.2, -0.15) is 0 Å². The molecule has 2 amide bonds. The Kier molecular flexibility index (Phi) is 6.10. The van der Waals surface area contributed by atoms with Crippen molar-refractivity contribution < 1.29 is 14.3 Å². The Labute approximate surface area is 174 Å². The number of ether oxygens (including phenoxy) is 1. The summed E-state index contributed by atoms with van der Waals surface area (Å²) in [4.78, 5) is 33.7. The van der Waals surface area contributed by atoms with Gasteiger partial charge in [0.1, 0.15) is 0 Å². The van der Waals surface area contributed by atoms with Crippen molar-refractivity contribution in [1.82, 2.24) is 9.88 Å². The molecule has 4 rings (SSSR count). The number of aryl methyl sites for hydroxylation is 1. The van der Waals surface area contributed by atoms with Gasteiger partial charge in [0, 0.05) is 48.7 Å². The average molecular weight is 415 g/mol. The van der Waals surface area contributed by atoms with Crippen molar-refractivity contribution in [1.29, 1.82) is 0 Å². The molecule has 2 aromatic rings. The van der Waals surface area contributed by atoms with E-state index < -0.39 is 0 Å². The predicted molar refractivity (Wildman–Crippen MR) is 114 cm³/mol. The molecule has 0 saturated carbocycles. The minimum atomic E-state index is -0.0769. The average Bonchev–Trinajstić information content (AvgIpc) is 3.18. The number of amides is 2. The van der Waals surface area contributed by atoms with Gasteiger partial charge in [-0.1, -0.05) is 0 Å². The standard InChI is InChI=1S/C21H26N4O3S/c1-15-14-29-21(22-15)23-19(26)16-6-8-25(9-7-16)20(27)17-2-4-18(5-3-17)24-10-12-28-13-11-24/h2-5,14,16H,6-13H2,1H3,(H,22,23,26). The molecule has 2 aliphatic rings. The van der Waals surface area contributed by atoms with Gasteiger partial charge in [0.25, 0.3) is 5.91 Å². The van der Waals surface area contributed by atoms with E-state index in [1.165, 1.54) is 11.3 Å². The Balaban J connectivity index is 1.30. The van der Waals surface area contributed by atoms with E-state index >= 15 is 0 Å². The predicted octanol–water partition coefficient (Wildman–Crippen LogP) is 2.78. The summed E-state index contributed by atoms with van der Waals surface area (Å²) in [6.45, 7) is 6.34. The van der Waals surface area contributed by atoms with Crippen molar-refractivity contribution in [2.75, 3.05) is 49.6 Å². The van der Waals surface area contributed by atoms with Gasteiger partial charge in [-0.15, -0.1) is 11.3 Å². The van der Waals surface area contributed by atoms with Gasteiger partial charge in [0.15, 0.2) is 5.13 Å². The molecule has 8 heteroatoms. The molecular formula is C21H26N4O3S. The fourth-order valence-corrected chi connectivity index (χ4v) is 4.47. The lowest BCUT2D eigenvalue weighted by atomic mass is 9.95. The van der Waals surface area contributed by atoms with Crippen molar-refractivity contribution in [3.63, 3.8) is 0 Å². The molecular weight excluding hydrogens is 388 g/mol. The third-order valence-corrected chi connectivity index (χ3v) is 6.37. The number of rotatable bonds is 4. The number of hydrogen-bond donors (Lipinski definition) is 1. The van der Waals surface area contributed by atoms with E-state index in [2.05, 4.69) is 15.2 Å². The first kappa shape index (κ1) is 19.8. The van der Waals surface area contributed by atoms with Crippen molar-refractivity contribution in [3.8, 4) is 0 Å². The van der Waals surface area contributed by atoms with Crippen molar-refractivity contribution in [2.24, 2.45) is 5.92 Å². The molecule has 0 radical (unpaired) electrons. The molecule has 1 aromatic carbocycles. The molecule has 2 fully saturated rings. The highest BCUT2D eigenvalue weighted by Gasteiger charge is 2.28. The van der Waals surface area contributed by atoms with Gasteiger partial charge in [-0.05, 0) is 44.0 Å². The number of thiazole rings is 1. The van der Waals surface area contributed by atoms with E-state index in [0.29, 0.717) is 36.6 Å². The number of piperidine rings is 1. The van der Waals surface area contributed by atoms with Crippen LogP contribution in [0, 0.1) is 12.8 Å². The molecule has 0 atom stereocenters. The quantitative estimate of drug-likeness (QED) is 0.833. The minimum Gasteiger partial charge on any atom is -0.378 e. The second-order valence-corrected chi connectivity index (χ2v) is 8.35. The monoisotopic (exact) mass is 414 g/mol. The first-order chi connectivity index (χ1) is 14.1. The molecule has 2 aliphatic heterocycles. The summed E-state index contributed by atoms with van der Waals surface area (Å²) in [6, 6.07) is 7.82. The molecule has 1 aromatic heterocycles. The number of carbonyl (C=O) groups is 2. The summed E-state index contributed by atoms with van der Waals surface area (Å²) in [5.74, 6) is -0.0406. The van der Waals surface area contributed by atoms with E-state index in [1.807, 2.05) is 41.5 Å². The molecule has 2 saturated heterocycles. The number of anilines is 2. The number of benzene rings is 1. The van der Waals surface area contributed by atoms with Gasteiger partial charge >= 0.3 is 0 Å². The van der Waals surface area contributed by atoms with Crippen LogP contribution >= 0.6 is 11.3 Å². The SMILES string of the molecule is Cc1csc(NC(=O)C2CCN(C(=O)c3ccc(N4CCOCC4)cc3)CC2)n1. The maximum atomic E-state index is 12.8. The molecule has 29 heavy (non-hydrogen) atoms. The number of aromatic nitrogens is 1. The van der Waals surface area contributed by atoms with E-state index in [9.17, 15) is 9.59 Å². The van der Waals surface area contributed by atoms with E-state index in [1.54, 1.807) is 0 Å². The van der Waals surface area contributed by atoms with Crippen molar-refractivity contribution in [2.45, 2.75) is 19.8 Å². The molecule has 0 bridgehead atoms. The highest BCUT2D eigenvalue weighted by Crippen LogP contribution is 2.23. The van der Waals surface area contributed by atoms with Crippen LogP contribution in [-0.4, -0.2) is 61.1 Å². The second kappa shape index (κ2) is 8.92. The summed E-state index contributed by atoms with van der Waals surface area (Å²) in [5, 5.41) is 5.46. The van der Waals surface area contributed by atoms with Crippen molar-refractivity contribution >= 4 is 34.0 Å². The van der Waals surface area contributed by atoms with Crippen LogP contribution in [0.3, 0.4) is 0 Å². The molecule has 154 valence electrons. The Morgan fingerprint density at radius 2 is 1.79 bits per heavy atom. The summed E-state index contributed by atoms with van der Waals surface area (Å²) < 4.78 is 5.39. The fraction of sp³-hybridized carbons (Fsp3) is 0.476. The van der Waals surface area contributed by atoms with E-state index in [0.717, 1.165) is 37.7 Å². The van der Waals surface area contributed by atoms with Crippen molar-refractivity contribution in [3.05, 3.63) is 40.9 Å². The minimum absolute atomic E-state index is 0.00122.